The average Bonchev–Trinajstić information content (AvgIpc) is 3.07. The molecule has 0 amide bonds. The molecule has 3 nitrogen and oxygen atoms in total. The van der Waals surface area contributed by atoms with Crippen molar-refractivity contribution in [3.05, 3.63) is 112 Å². The Morgan fingerprint density at radius 3 is 2.50 bits per heavy atom. The summed E-state index contributed by atoms with van der Waals surface area (Å²) in [6.07, 6.45) is 20.4. The molecule has 0 spiro atoms. The molecular formula is C39H51N2O+. The number of hydrogen-bond acceptors (Lipinski definition) is 2. The molecule has 2 heterocycles. The van der Waals surface area contributed by atoms with Gasteiger partial charge in [-0.25, -0.2) is 9.48 Å². The Morgan fingerprint density at radius 2 is 1.86 bits per heavy atom. The monoisotopic (exact) mass is 563 g/mol. The highest BCUT2D eigenvalue weighted by molar-refractivity contribution is 5.83. The maximum absolute atomic E-state index is 13.0. The van der Waals surface area contributed by atoms with Crippen LogP contribution in [0.3, 0.4) is 0 Å². The van der Waals surface area contributed by atoms with Crippen LogP contribution >= 0.6 is 0 Å². The lowest BCUT2D eigenvalue weighted by atomic mass is 9.74. The summed E-state index contributed by atoms with van der Waals surface area (Å²) >= 11 is 0. The van der Waals surface area contributed by atoms with Crippen LogP contribution in [0.5, 0.6) is 0 Å². The lowest BCUT2D eigenvalue weighted by Gasteiger charge is -2.30. The normalized spacial score (nSPS) is 23.2. The van der Waals surface area contributed by atoms with E-state index in [0.29, 0.717) is 18.1 Å². The summed E-state index contributed by atoms with van der Waals surface area (Å²) in [7, 11) is 2.07. The number of allylic oxidation sites excluding steroid dienone is 9. The standard InChI is InChI=1S/C39H51N2O/c1-9-14-27(3)24-37(42)32-21-19-31(20-22-32)36-25-29(5)38-35(18-13-23-41(38)39(30(36)6)40(7)8)34(15-10-2)26-33-17-12-11-16-28(33)4/h10-13,15-18,25-26,29,31-32H,3,7,9,14,19-24H2,1-2,4-6,8H3/q+1. The third-order valence-corrected chi connectivity index (χ3v) is 9.19. The molecule has 1 aromatic rings. The topological polar surface area (TPSA) is 23.3 Å². The van der Waals surface area contributed by atoms with Gasteiger partial charge in [0.1, 0.15) is 18.0 Å². The summed E-state index contributed by atoms with van der Waals surface area (Å²) in [4.78, 5) is 15.5. The fourth-order valence-corrected chi connectivity index (χ4v) is 7.15. The molecular weight excluding hydrogens is 512 g/mol. The molecule has 0 radical (unpaired) electrons. The third-order valence-electron chi connectivity index (χ3n) is 9.19. The Balaban J connectivity index is 1.71. The van der Waals surface area contributed by atoms with Gasteiger partial charge < -0.3 is 0 Å². The number of ketones is 1. The van der Waals surface area contributed by atoms with E-state index in [9.17, 15) is 4.79 Å². The average molecular weight is 564 g/mol. The van der Waals surface area contributed by atoms with Gasteiger partial charge in [0.25, 0.3) is 5.82 Å². The van der Waals surface area contributed by atoms with E-state index in [1.54, 1.807) is 0 Å². The van der Waals surface area contributed by atoms with E-state index in [0.717, 1.165) is 50.6 Å². The Hall–Kier alpha value is -3.46. The third kappa shape index (κ3) is 6.94. The van der Waals surface area contributed by atoms with Crippen molar-refractivity contribution in [2.75, 3.05) is 13.6 Å². The number of Topliss-reactive ketones (excluding diaryl/α,β-unsaturated/α-hetero) is 1. The Bertz CT molecular complexity index is 1400. The predicted octanol–water partition coefficient (Wildman–Crippen LogP) is 9.35. The van der Waals surface area contributed by atoms with E-state index in [4.69, 9.17) is 0 Å². The van der Waals surface area contributed by atoms with Crippen molar-refractivity contribution in [3.63, 3.8) is 0 Å². The summed E-state index contributed by atoms with van der Waals surface area (Å²) in [5, 5.41) is 0. The predicted molar refractivity (Wildman–Crippen MR) is 179 cm³/mol. The van der Waals surface area contributed by atoms with Gasteiger partial charge in [-0.05, 0) is 93.2 Å². The maximum atomic E-state index is 13.0. The summed E-state index contributed by atoms with van der Waals surface area (Å²) in [5.74, 6) is 2.44. The van der Waals surface area contributed by atoms with Gasteiger partial charge in [-0.2, -0.15) is 0 Å². The van der Waals surface area contributed by atoms with Crippen molar-refractivity contribution in [2.24, 2.45) is 17.8 Å². The van der Waals surface area contributed by atoms with Crippen LogP contribution in [0.25, 0.3) is 6.08 Å². The Morgan fingerprint density at radius 1 is 1.14 bits per heavy atom. The first kappa shape index (κ1) is 31.5. The molecule has 0 bridgehead atoms. The Kier molecular flexibility index (Phi) is 10.6. The molecule has 1 aromatic carbocycles. The number of carbonyl (C=O) groups excluding carboxylic acids is 1. The SMILES string of the molecule is C=C(CCC)CC(=O)C1CCC(C2=CC(C)C3=C(C(C=CC)=Cc4ccccc4C)C=CCN3C([N+](=C)C)=C2C)CC1. The summed E-state index contributed by atoms with van der Waals surface area (Å²) in [5.41, 5.74) is 10.2. The molecule has 1 unspecified atom stereocenters. The second kappa shape index (κ2) is 14.1. The summed E-state index contributed by atoms with van der Waals surface area (Å²) < 4.78 is 2.05. The van der Waals surface area contributed by atoms with Gasteiger partial charge in [0.2, 0.25) is 0 Å². The van der Waals surface area contributed by atoms with Crippen LogP contribution in [-0.2, 0) is 4.79 Å². The first-order valence-electron chi connectivity index (χ1n) is 15.9. The van der Waals surface area contributed by atoms with Crippen molar-refractivity contribution >= 4 is 18.6 Å². The molecule has 1 saturated carbocycles. The van der Waals surface area contributed by atoms with Crippen molar-refractivity contribution in [3.8, 4) is 0 Å². The van der Waals surface area contributed by atoms with E-state index in [1.807, 2.05) is 4.58 Å². The highest BCUT2D eigenvalue weighted by Crippen LogP contribution is 2.44. The van der Waals surface area contributed by atoms with Crippen molar-refractivity contribution in [1.82, 2.24) is 4.90 Å². The lowest BCUT2D eigenvalue weighted by Crippen LogP contribution is -2.33. The number of hydrogen-bond donors (Lipinski definition) is 0. The smallest absolute Gasteiger partial charge is 0.284 e. The maximum Gasteiger partial charge on any atom is 0.284 e. The molecule has 0 aromatic heterocycles. The van der Waals surface area contributed by atoms with E-state index >= 15 is 0 Å². The largest absolute Gasteiger partial charge is 0.299 e. The minimum absolute atomic E-state index is 0.178. The second-order valence-corrected chi connectivity index (χ2v) is 12.5. The zero-order valence-corrected chi connectivity index (χ0v) is 26.9. The number of aryl methyl sites for hydroxylation is 1. The number of rotatable bonds is 10. The number of benzene rings is 1. The zero-order valence-electron chi connectivity index (χ0n) is 26.9. The van der Waals surface area contributed by atoms with Gasteiger partial charge in [0, 0.05) is 29.4 Å². The molecule has 0 N–H and O–H groups in total. The molecule has 0 saturated heterocycles. The number of fused-ring (bicyclic) bond motifs is 1. The van der Waals surface area contributed by atoms with Gasteiger partial charge in [0.15, 0.2) is 0 Å². The molecule has 3 heteroatoms. The van der Waals surface area contributed by atoms with E-state index in [1.165, 1.54) is 44.9 Å². The van der Waals surface area contributed by atoms with Gasteiger partial charge in [-0.15, -0.1) is 0 Å². The first-order chi connectivity index (χ1) is 20.2. The molecule has 1 aliphatic carbocycles. The highest BCUT2D eigenvalue weighted by atomic mass is 16.1. The van der Waals surface area contributed by atoms with E-state index in [2.05, 4.69) is 121 Å². The number of nitrogens with zero attached hydrogens (tertiary/aromatic N) is 2. The van der Waals surface area contributed by atoms with Gasteiger partial charge >= 0.3 is 0 Å². The van der Waals surface area contributed by atoms with Crippen LogP contribution in [0.2, 0.25) is 0 Å². The quantitative estimate of drug-likeness (QED) is 0.123. The molecule has 42 heavy (non-hydrogen) atoms. The highest BCUT2D eigenvalue weighted by Gasteiger charge is 2.39. The first-order valence-corrected chi connectivity index (χ1v) is 15.9. The van der Waals surface area contributed by atoms with Crippen LogP contribution < -0.4 is 0 Å². The molecule has 1 fully saturated rings. The second-order valence-electron chi connectivity index (χ2n) is 12.5. The molecule has 222 valence electrons. The van der Waals surface area contributed by atoms with Crippen LogP contribution in [0.15, 0.2) is 101 Å². The summed E-state index contributed by atoms with van der Waals surface area (Å²) in [6, 6.07) is 8.59. The molecule has 2 aliphatic heterocycles. The van der Waals surface area contributed by atoms with Crippen LogP contribution in [0.1, 0.15) is 83.8 Å². The van der Waals surface area contributed by atoms with Crippen LogP contribution in [-0.4, -0.2) is 35.6 Å². The summed E-state index contributed by atoms with van der Waals surface area (Å²) in [6.45, 7) is 20.4. The van der Waals surface area contributed by atoms with Gasteiger partial charge in [-0.1, -0.05) is 81.0 Å². The van der Waals surface area contributed by atoms with Gasteiger partial charge in [0.05, 0.1) is 13.8 Å². The molecule has 4 rings (SSSR count). The van der Waals surface area contributed by atoms with E-state index in [-0.39, 0.29) is 11.8 Å². The minimum Gasteiger partial charge on any atom is -0.299 e. The zero-order chi connectivity index (χ0) is 30.4. The van der Waals surface area contributed by atoms with Crippen LogP contribution in [0.4, 0.5) is 0 Å². The minimum atomic E-state index is 0.178. The van der Waals surface area contributed by atoms with E-state index < -0.39 is 0 Å². The number of carbonyl (C=O) groups is 1. The van der Waals surface area contributed by atoms with Crippen molar-refractivity contribution in [2.45, 2.75) is 79.6 Å². The van der Waals surface area contributed by atoms with Gasteiger partial charge in [-0.3, -0.25) is 4.79 Å². The lowest BCUT2D eigenvalue weighted by molar-refractivity contribution is -0.454. The molecule has 3 aliphatic rings. The van der Waals surface area contributed by atoms with Crippen molar-refractivity contribution < 1.29 is 9.37 Å². The fraction of sp³-hybridized carbons (Fsp3) is 0.436. The fourth-order valence-electron chi connectivity index (χ4n) is 7.15. The molecule has 1 atom stereocenters. The Labute approximate surface area is 255 Å². The van der Waals surface area contributed by atoms with Crippen LogP contribution in [0, 0.1) is 24.7 Å². The van der Waals surface area contributed by atoms with Crippen molar-refractivity contribution in [1.29, 1.82) is 0 Å².